The van der Waals surface area contributed by atoms with Gasteiger partial charge in [-0.05, 0) is 43.7 Å². The fraction of sp³-hybridized carbons (Fsp3) is 0.625. The third kappa shape index (κ3) is 2.38. The van der Waals surface area contributed by atoms with Crippen LogP contribution in [0.5, 0.6) is 5.75 Å². The summed E-state index contributed by atoms with van der Waals surface area (Å²) in [6, 6.07) is 6.80. The molecule has 1 saturated carbocycles. The van der Waals surface area contributed by atoms with Crippen LogP contribution in [0.2, 0.25) is 0 Å². The van der Waals surface area contributed by atoms with Gasteiger partial charge in [-0.2, -0.15) is 0 Å². The average Bonchev–Trinajstić information content (AvgIpc) is 3.08. The van der Waals surface area contributed by atoms with Crippen molar-refractivity contribution in [3.63, 3.8) is 0 Å². The van der Waals surface area contributed by atoms with E-state index in [1.54, 1.807) is 7.11 Å². The lowest BCUT2D eigenvalue weighted by Gasteiger charge is -2.32. The molecule has 19 heavy (non-hydrogen) atoms. The third-order valence-electron chi connectivity index (χ3n) is 4.79. The molecule has 0 spiro atoms. The smallest absolute Gasteiger partial charge is 0.121 e. The first-order valence-corrected chi connectivity index (χ1v) is 7.50. The van der Waals surface area contributed by atoms with Crippen molar-refractivity contribution in [2.24, 2.45) is 5.92 Å². The van der Waals surface area contributed by atoms with Crippen molar-refractivity contribution in [1.82, 2.24) is 0 Å². The summed E-state index contributed by atoms with van der Waals surface area (Å²) in [5.41, 5.74) is 8.27. The molecule has 1 atom stereocenters. The van der Waals surface area contributed by atoms with Crippen molar-refractivity contribution >= 4 is 11.4 Å². The Bertz CT molecular complexity index is 440. The van der Waals surface area contributed by atoms with Gasteiger partial charge in [0.15, 0.2) is 0 Å². The van der Waals surface area contributed by atoms with E-state index in [0.717, 1.165) is 23.9 Å². The summed E-state index contributed by atoms with van der Waals surface area (Å²) in [7, 11) is 1.69. The molecule has 0 amide bonds. The topological polar surface area (TPSA) is 38.5 Å². The van der Waals surface area contributed by atoms with Crippen molar-refractivity contribution in [2.45, 2.75) is 44.6 Å². The molecule has 1 aromatic carbocycles. The number of hydrogen-bond acceptors (Lipinski definition) is 3. The van der Waals surface area contributed by atoms with E-state index >= 15 is 0 Å². The molecule has 3 heteroatoms. The van der Waals surface area contributed by atoms with Gasteiger partial charge in [0.2, 0.25) is 0 Å². The Morgan fingerprint density at radius 3 is 2.63 bits per heavy atom. The van der Waals surface area contributed by atoms with Crippen molar-refractivity contribution in [1.29, 1.82) is 0 Å². The number of nitrogens with two attached hydrogens (primary N) is 1. The zero-order chi connectivity index (χ0) is 13.2. The van der Waals surface area contributed by atoms with Gasteiger partial charge in [-0.15, -0.1) is 0 Å². The van der Waals surface area contributed by atoms with Gasteiger partial charge in [0.05, 0.1) is 18.5 Å². The van der Waals surface area contributed by atoms with Crippen molar-refractivity contribution in [3.8, 4) is 5.75 Å². The number of ether oxygens (including phenoxy) is 1. The maximum absolute atomic E-state index is 6.22. The summed E-state index contributed by atoms with van der Waals surface area (Å²) in [4.78, 5) is 2.55. The summed E-state index contributed by atoms with van der Waals surface area (Å²) in [6.07, 6.45) is 8.25. The van der Waals surface area contributed by atoms with Crippen molar-refractivity contribution in [2.75, 3.05) is 24.3 Å². The fourth-order valence-electron chi connectivity index (χ4n) is 3.85. The first-order valence-electron chi connectivity index (χ1n) is 7.50. The molecule has 2 N–H and O–H groups in total. The number of methoxy groups -OCH3 is 1. The molecule has 1 unspecified atom stereocenters. The van der Waals surface area contributed by atoms with Gasteiger partial charge in [0.1, 0.15) is 5.75 Å². The van der Waals surface area contributed by atoms with Crippen LogP contribution in [0.4, 0.5) is 11.4 Å². The molecule has 3 nitrogen and oxygen atoms in total. The van der Waals surface area contributed by atoms with Crippen molar-refractivity contribution < 1.29 is 4.74 Å². The molecule has 2 fully saturated rings. The quantitative estimate of drug-likeness (QED) is 0.846. The largest absolute Gasteiger partial charge is 0.497 e. The first-order chi connectivity index (χ1) is 9.29. The van der Waals surface area contributed by atoms with Crippen LogP contribution in [0.25, 0.3) is 0 Å². The summed E-state index contributed by atoms with van der Waals surface area (Å²) in [6.45, 7) is 1.15. The Kier molecular flexibility index (Phi) is 3.54. The van der Waals surface area contributed by atoms with Gasteiger partial charge in [-0.3, -0.25) is 0 Å². The molecule has 1 heterocycles. The van der Waals surface area contributed by atoms with Gasteiger partial charge in [0.25, 0.3) is 0 Å². The Balaban J connectivity index is 1.83. The van der Waals surface area contributed by atoms with Gasteiger partial charge < -0.3 is 15.4 Å². The average molecular weight is 260 g/mol. The van der Waals surface area contributed by atoms with Gasteiger partial charge in [0, 0.05) is 18.7 Å². The van der Waals surface area contributed by atoms with Crippen LogP contribution in [0.1, 0.15) is 38.5 Å². The molecule has 0 aromatic heterocycles. The zero-order valence-corrected chi connectivity index (χ0v) is 11.8. The Morgan fingerprint density at radius 1 is 1.16 bits per heavy atom. The maximum Gasteiger partial charge on any atom is 0.121 e. The van der Waals surface area contributed by atoms with E-state index < -0.39 is 0 Å². The van der Waals surface area contributed by atoms with Gasteiger partial charge >= 0.3 is 0 Å². The monoisotopic (exact) mass is 260 g/mol. The zero-order valence-electron chi connectivity index (χ0n) is 11.8. The summed E-state index contributed by atoms with van der Waals surface area (Å²) < 4.78 is 5.24. The van der Waals surface area contributed by atoms with Gasteiger partial charge in [-0.25, -0.2) is 0 Å². The molecule has 0 bridgehead atoms. The molecular formula is C16H24N2O. The highest BCUT2D eigenvalue weighted by Gasteiger charge is 2.34. The van der Waals surface area contributed by atoms with Crippen LogP contribution in [0.15, 0.2) is 18.2 Å². The minimum atomic E-state index is 0.707. The molecule has 1 saturated heterocycles. The van der Waals surface area contributed by atoms with E-state index in [2.05, 4.69) is 11.0 Å². The number of anilines is 2. The van der Waals surface area contributed by atoms with Gasteiger partial charge in [-0.1, -0.05) is 12.8 Å². The number of benzene rings is 1. The van der Waals surface area contributed by atoms with Crippen LogP contribution in [-0.2, 0) is 0 Å². The predicted octanol–water partition coefficient (Wildman–Crippen LogP) is 3.44. The summed E-state index contributed by atoms with van der Waals surface area (Å²) in [5, 5.41) is 0. The lowest BCUT2D eigenvalue weighted by atomic mass is 9.95. The molecule has 104 valence electrons. The fourth-order valence-corrected chi connectivity index (χ4v) is 3.85. The van der Waals surface area contributed by atoms with E-state index in [-0.39, 0.29) is 0 Å². The normalized spacial score (nSPS) is 24.1. The number of nitrogens with zero attached hydrogens (tertiary/aromatic N) is 1. The van der Waals surface area contributed by atoms with E-state index in [4.69, 9.17) is 10.5 Å². The minimum Gasteiger partial charge on any atom is -0.497 e. The van der Waals surface area contributed by atoms with E-state index in [9.17, 15) is 0 Å². The van der Waals surface area contributed by atoms with Crippen LogP contribution in [0.3, 0.4) is 0 Å². The molecule has 0 radical (unpaired) electrons. The van der Waals surface area contributed by atoms with E-state index in [1.165, 1.54) is 44.2 Å². The Morgan fingerprint density at radius 2 is 1.95 bits per heavy atom. The van der Waals surface area contributed by atoms with E-state index in [1.807, 2.05) is 12.1 Å². The van der Waals surface area contributed by atoms with E-state index in [0.29, 0.717) is 6.04 Å². The predicted molar refractivity (Wildman–Crippen MR) is 79.7 cm³/mol. The first kappa shape index (κ1) is 12.6. The second kappa shape index (κ2) is 5.32. The maximum atomic E-state index is 6.22. The standard InChI is InChI=1S/C16H24N2O/c1-19-13-8-9-16(14(17)11-13)18-10-4-7-15(18)12-5-2-3-6-12/h8-9,11-12,15H,2-7,10,17H2,1H3. The van der Waals surface area contributed by atoms with Crippen LogP contribution in [-0.4, -0.2) is 19.7 Å². The number of hydrogen-bond donors (Lipinski definition) is 1. The van der Waals surface area contributed by atoms with Crippen LogP contribution < -0.4 is 15.4 Å². The highest BCUT2D eigenvalue weighted by atomic mass is 16.5. The van der Waals surface area contributed by atoms with Crippen LogP contribution >= 0.6 is 0 Å². The van der Waals surface area contributed by atoms with Crippen molar-refractivity contribution in [3.05, 3.63) is 18.2 Å². The molecule has 3 rings (SSSR count). The SMILES string of the molecule is COc1ccc(N2CCCC2C2CCCC2)c(N)c1. The molecule has 2 aliphatic rings. The minimum absolute atomic E-state index is 0.707. The molecule has 1 aliphatic carbocycles. The lowest BCUT2D eigenvalue weighted by Crippen LogP contribution is -2.35. The second-order valence-electron chi connectivity index (χ2n) is 5.87. The second-order valence-corrected chi connectivity index (χ2v) is 5.87. The molecular weight excluding hydrogens is 236 g/mol. The number of nitrogen functional groups attached to an aromatic ring is 1. The Hall–Kier alpha value is -1.38. The molecule has 1 aliphatic heterocycles. The molecule has 1 aromatic rings. The van der Waals surface area contributed by atoms with Crippen LogP contribution in [0, 0.1) is 5.92 Å². The summed E-state index contributed by atoms with van der Waals surface area (Å²) in [5.74, 6) is 1.72. The highest BCUT2D eigenvalue weighted by molar-refractivity contribution is 5.70. The Labute approximate surface area is 115 Å². The summed E-state index contributed by atoms with van der Waals surface area (Å²) >= 11 is 0. The lowest BCUT2D eigenvalue weighted by molar-refractivity contribution is 0.414. The number of rotatable bonds is 3. The third-order valence-corrected chi connectivity index (χ3v) is 4.79. The highest BCUT2D eigenvalue weighted by Crippen LogP contribution is 2.40.